The molecule has 0 fully saturated rings. The highest BCUT2D eigenvalue weighted by molar-refractivity contribution is 6.68. The van der Waals surface area contributed by atoms with Gasteiger partial charge in [-0.3, -0.25) is 0 Å². The van der Waals surface area contributed by atoms with Gasteiger partial charge in [-0.1, -0.05) is 157 Å². The fourth-order valence-corrected chi connectivity index (χ4v) is 9.34. The van der Waals surface area contributed by atoms with Gasteiger partial charge in [0.05, 0.1) is 28.1 Å². The van der Waals surface area contributed by atoms with Gasteiger partial charge in [-0.25, -0.2) is 24.9 Å². The van der Waals surface area contributed by atoms with Gasteiger partial charge in [0.15, 0.2) is 23.3 Å². The van der Waals surface area contributed by atoms with Gasteiger partial charge in [0.25, 0.3) is 0 Å². The topological polar surface area (TPSA) is 69.4 Å². The van der Waals surface area contributed by atoms with E-state index < -0.39 is 0 Å². The van der Waals surface area contributed by atoms with Crippen LogP contribution in [0, 0.1) is 0 Å². The zero-order chi connectivity index (χ0) is 44.9. The molecule has 11 aromatic rings. The van der Waals surface area contributed by atoms with Crippen LogP contribution in [0.3, 0.4) is 0 Å². The highest BCUT2D eigenvalue weighted by Crippen LogP contribution is 2.40. The quantitative estimate of drug-likeness (QED) is 0.208. The van der Waals surface area contributed by atoms with Crippen LogP contribution in [0.1, 0.15) is 0 Å². The van der Waals surface area contributed by atoms with Crippen molar-refractivity contribution < 1.29 is 0 Å². The third-order valence-corrected chi connectivity index (χ3v) is 13.3. The first-order chi connectivity index (χ1) is 32.3. The summed E-state index contributed by atoms with van der Waals surface area (Å²) in [6.45, 7) is 0. The monoisotopic (exact) mass is 840 g/mol. The predicted molar refractivity (Wildman–Crippen MR) is 289 cm³/mol. The van der Waals surface area contributed by atoms with E-state index in [1.807, 2.05) is 54.6 Å². The lowest BCUT2D eigenvalue weighted by Gasteiger charge is -2.20. The molecule has 8 aromatic carbocycles. The highest BCUT2D eigenvalue weighted by atomic mass is 15.1. The molecule has 66 heavy (non-hydrogen) atoms. The number of rotatable bonds is 8. The van der Waals surface area contributed by atoms with E-state index in [1.165, 1.54) is 22.0 Å². The fourth-order valence-electron chi connectivity index (χ4n) is 9.34. The summed E-state index contributed by atoms with van der Waals surface area (Å²) in [5.74, 6) is 2.40. The molecule has 0 aliphatic heterocycles. The minimum atomic E-state index is 0.555. The summed E-state index contributed by atoms with van der Waals surface area (Å²) in [6, 6.07) is 65.4. The summed E-state index contributed by atoms with van der Waals surface area (Å²) in [5.41, 5.74) is 18.8. The van der Waals surface area contributed by atoms with E-state index in [4.69, 9.17) is 24.9 Å². The van der Waals surface area contributed by atoms with Gasteiger partial charge >= 0.3 is 0 Å². The highest BCUT2D eigenvalue weighted by Gasteiger charge is 2.23. The maximum Gasteiger partial charge on any atom is 0.166 e. The molecule has 0 spiro atoms. The molecule has 3 heterocycles. The Labute approximate surface area is 389 Å². The van der Waals surface area contributed by atoms with Crippen LogP contribution in [-0.2, 0) is 0 Å². The van der Waals surface area contributed by atoms with Crippen molar-refractivity contribution in [3.8, 4) is 84.9 Å². The Hall–Kier alpha value is -8.03. The first-order valence-corrected chi connectivity index (χ1v) is 22.4. The van der Waals surface area contributed by atoms with Crippen molar-refractivity contribution in [2.75, 3.05) is 0 Å². The van der Waals surface area contributed by atoms with Crippen LogP contribution >= 0.6 is 0 Å². The van der Waals surface area contributed by atoms with E-state index in [0.29, 0.717) is 23.3 Å². The van der Waals surface area contributed by atoms with E-state index in [9.17, 15) is 0 Å². The van der Waals surface area contributed by atoms with Crippen molar-refractivity contribution in [3.63, 3.8) is 0 Å². The van der Waals surface area contributed by atoms with E-state index in [1.54, 1.807) is 0 Å². The van der Waals surface area contributed by atoms with E-state index >= 15 is 0 Å². The number of fused-ring (bicyclic) bond motifs is 3. The Morgan fingerprint density at radius 1 is 0.303 bits per heavy atom. The van der Waals surface area contributed by atoms with Crippen molar-refractivity contribution in [3.05, 3.63) is 188 Å². The van der Waals surface area contributed by atoms with Crippen LogP contribution < -0.4 is 27.3 Å². The zero-order valence-electron chi connectivity index (χ0n) is 37.6. The third-order valence-electron chi connectivity index (χ3n) is 13.3. The maximum absolute atomic E-state index is 5.51. The number of para-hydroxylation sites is 1. The molecule has 0 N–H and O–H groups in total. The molecule has 0 bridgehead atoms. The average molecular weight is 840 g/mol. The van der Waals surface area contributed by atoms with Crippen LogP contribution in [0.4, 0.5) is 0 Å². The SMILES string of the molecule is Bc1c(B)c(B)c(-c2nc(-c3ccccc3)nc(-c3cc(-c4nc(-c5ccccc5)cc(-c5ccccc5)n4)ccc3-n3c4ccccc4c4cc(-c5ccccc5)ccc43)n2)c(B)c1B. The zero-order valence-corrected chi connectivity index (χ0v) is 37.6. The van der Waals surface area contributed by atoms with Gasteiger partial charge in [0.1, 0.15) is 39.2 Å². The van der Waals surface area contributed by atoms with Crippen LogP contribution in [-0.4, -0.2) is 68.7 Å². The molecular weight excluding hydrogens is 799 g/mol. The average Bonchev–Trinajstić information content (AvgIpc) is 3.71. The molecule has 0 radical (unpaired) electrons. The first kappa shape index (κ1) is 40.7. The van der Waals surface area contributed by atoms with Crippen molar-refractivity contribution in [2.24, 2.45) is 0 Å². The lowest BCUT2D eigenvalue weighted by Crippen LogP contribution is -2.55. The number of benzene rings is 8. The Bertz CT molecular complexity index is 3560. The third kappa shape index (κ3) is 7.23. The number of hydrogen-bond donors (Lipinski definition) is 0. The summed E-state index contributed by atoms with van der Waals surface area (Å²) in [7, 11) is 11.0. The molecule has 3 aromatic heterocycles. The van der Waals surface area contributed by atoms with Crippen LogP contribution in [0.2, 0.25) is 0 Å². The summed E-state index contributed by atoms with van der Waals surface area (Å²) in [6.07, 6.45) is 0. The largest absolute Gasteiger partial charge is 0.309 e. The van der Waals surface area contributed by atoms with Gasteiger partial charge in [-0.2, -0.15) is 0 Å². The molecule has 0 atom stereocenters. The minimum absolute atomic E-state index is 0.555. The standard InChI is InChI=1S/C55H41B5N6/c56-47-46(48(57)50(59)51(60)49(47)58)55-64-52(35-21-11-4-12-22-35)63-54(65-55)40-30-37(53-61-41(33-17-7-2-8-18-33)31-42(62-53)34-19-9-3-10-20-34)26-28-45(40)66-43-24-14-13-23-38(43)39-29-36(25-27-44(39)66)32-15-5-1-6-16-32/h1-31H,56-60H2. The molecule has 6 nitrogen and oxygen atoms in total. The fraction of sp³-hybridized carbons (Fsp3) is 0. The van der Waals surface area contributed by atoms with Gasteiger partial charge in [0, 0.05) is 44.2 Å². The molecule has 11 rings (SSSR count). The van der Waals surface area contributed by atoms with Crippen LogP contribution in [0.15, 0.2) is 188 Å². The molecule has 0 aliphatic rings. The Morgan fingerprint density at radius 2 is 0.773 bits per heavy atom. The number of hydrogen-bond acceptors (Lipinski definition) is 5. The Morgan fingerprint density at radius 3 is 1.39 bits per heavy atom. The maximum atomic E-state index is 5.51. The van der Waals surface area contributed by atoms with Crippen molar-refractivity contribution in [1.82, 2.24) is 29.5 Å². The summed E-state index contributed by atoms with van der Waals surface area (Å²) < 4.78 is 2.36. The lowest BCUT2D eigenvalue weighted by molar-refractivity contribution is 1.07. The normalized spacial score (nSPS) is 11.3. The minimum Gasteiger partial charge on any atom is -0.309 e. The molecule has 0 aliphatic carbocycles. The molecule has 0 saturated heterocycles. The smallest absolute Gasteiger partial charge is 0.166 e. The summed E-state index contributed by atoms with van der Waals surface area (Å²) in [5, 5.41) is 2.32. The Kier molecular flexibility index (Phi) is 10.4. The summed E-state index contributed by atoms with van der Waals surface area (Å²) >= 11 is 0. The summed E-state index contributed by atoms with van der Waals surface area (Å²) in [4.78, 5) is 26.7. The lowest BCUT2D eigenvalue weighted by atomic mass is 9.60. The van der Waals surface area contributed by atoms with E-state index in [-0.39, 0.29) is 0 Å². The number of nitrogens with zero attached hydrogens (tertiary/aromatic N) is 6. The molecular formula is C55H41B5N6. The molecule has 0 unspecified atom stereocenters. The molecule has 11 heteroatoms. The second-order valence-corrected chi connectivity index (χ2v) is 17.0. The van der Waals surface area contributed by atoms with E-state index in [2.05, 4.69) is 177 Å². The van der Waals surface area contributed by atoms with Crippen molar-refractivity contribution >= 4 is 88.4 Å². The first-order valence-electron chi connectivity index (χ1n) is 22.4. The molecule has 0 saturated carbocycles. The van der Waals surface area contributed by atoms with Crippen molar-refractivity contribution in [2.45, 2.75) is 0 Å². The van der Waals surface area contributed by atoms with E-state index in [0.717, 1.165) is 88.8 Å². The Balaban J connectivity index is 1.22. The van der Waals surface area contributed by atoms with Gasteiger partial charge in [0.2, 0.25) is 0 Å². The van der Waals surface area contributed by atoms with Crippen LogP contribution in [0.25, 0.3) is 107 Å². The van der Waals surface area contributed by atoms with Crippen molar-refractivity contribution in [1.29, 1.82) is 0 Å². The second-order valence-electron chi connectivity index (χ2n) is 17.0. The predicted octanol–water partition coefficient (Wildman–Crippen LogP) is 4.72. The van der Waals surface area contributed by atoms with Gasteiger partial charge < -0.3 is 4.57 Å². The molecule has 0 amide bonds. The van der Waals surface area contributed by atoms with Crippen LogP contribution in [0.5, 0.6) is 0 Å². The number of aromatic nitrogens is 6. The second kappa shape index (κ2) is 16.8. The van der Waals surface area contributed by atoms with Gasteiger partial charge in [-0.15, -0.1) is 16.4 Å². The van der Waals surface area contributed by atoms with Gasteiger partial charge in [-0.05, 0) is 53.6 Å². The molecule has 306 valence electrons.